The summed E-state index contributed by atoms with van der Waals surface area (Å²) in [5.41, 5.74) is 4.24. The topological polar surface area (TPSA) is 0 Å². The van der Waals surface area contributed by atoms with Crippen LogP contribution in [0.4, 0.5) is 0 Å². The fraction of sp³-hybridized carbons (Fsp3) is 0.375. The SMILES string of the molecule is CC/C=C(\CC)C/C=C(\C)c1ccccc1. The zero-order valence-corrected chi connectivity index (χ0v) is 10.7. The third-order valence-corrected chi connectivity index (χ3v) is 2.85. The van der Waals surface area contributed by atoms with Gasteiger partial charge in [0.1, 0.15) is 0 Å². The first-order valence-corrected chi connectivity index (χ1v) is 6.18. The molecule has 0 fully saturated rings. The molecule has 0 heteroatoms. The predicted molar refractivity (Wildman–Crippen MR) is 73.4 cm³/mol. The molecule has 0 saturated heterocycles. The van der Waals surface area contributed by atoms with Crippen LogP contribution in [-0.2, 0) is 0 Å². The predicted octanol–water partition coefficient (Wildman–Crippen LogP) is 5.23. The molecular formula is C16H22. The third-order valence-electron chi connectivity index (χ3n) is 2.85. The summed E-state index contributed by atoms with van der Waals surface area (Å²) in [4.78, 5) is 0. The van der Waals surface area contributed by atoms with Gasteiger partial charge in [0.2, 0.25) is 0 Å². The van der Waals surface area contributed by atoms with Gasteiger partial charge in [-0.3, -0.25) is 0 Å². The Morgan fingerprint density at radius 2 is 1.75 bits per heavy atom. The van der Waals surface area contributed by atoms with Gasteiger partial charge < -0.3 is 0 Å². The smallest absolute Gasteiger partial charge is 0.0133 e. The van der Waals surface area contributed by atoms with E-state index in [4.69, 9.17) is 0 Å². The van der Waals surface area contributed by atoms with Gasteiger partial charge in [-0.25, -0.2) is 0 Å². The van der Waals surface area contributed by atoms with Crippen LogP contribution in [0.15, 0.2) is 48.1 Å². The zero-order chi connectivity index (χ0) is 11.8. The highest BCUT2D eigenvalue weighted by Gasteiger charge is 1.95. The lowest BCUT2D eigenvalue weighted by Crippen LogP contribution is -1.82. The van der Waals surface area contributed by atoms with E-state index in [1.807, 2.05) is 0 Å². The highest BCUT2D eigenvalue weighted by atomic mass is 14.0. The van der Waals surface area contributed by atoms with Gasteiger partial charge in [-0.05, 0) is 37.3 Å². The van der Waals surface area contributed by atoms with Crippen molar-refractivity contribution in [3.8, 4) is 0 Å². The second-order valence-electron chi connectivity index (χ2n) is 4.08. The quantitative estimate of drug-likeness (QED) is 0.589. The van der Waals surface area contributed by atoms with Crippen LogP contribution in [0.3, 0.4) is 0 Å². The molecule has 0 aliphatic carbocycles. The van der Waals surface area contributed by atoms with Crippen LogP contribution in [0.25, 0.3) is 5.57 Å². The Labute approximate surface area is 99.7 Å². The molecule has 86 valence electrons. The van der Waals surface area contributed by atoms with Crippen molar-refractivity contribution in [1.82, 2.24) is 0 Å². The standard InChI is InChI=1S/C16H22/c1-4-9-15(5-2)13-12-14(3)16-10-7-6-8-11-16/h6-12H,4-5,13H2,1-3H3/b14-12+,15-9+. The van der Waals surface area contributed by atoms with Crippen molar-refractivity contribution in [2.24, 2.45) is 0 Å². The Hall–Kier alpha value is -1.30. The first-order valence-electron chi connectivity index (χ1n) is 6.18. The van der Waals surface area contributed by atoms with Crippen molar-refractivity contribution in [2.45, 2.75) is 40.0 Å². The van der Waals surface area contributed by atoms with Crippen molar-refractivity contribution in [1.29, 1.82) is 0 Å². The summed E-state index contributed by atoms with van der Waals surface area (Å²) in [5, 5.41) is 0. The van der Waals surface area contributed by atoms with Crippen LogP contribution in [0, 0.1) is 0 Å². The molecule has 1 aromatic carbocycles. The van der Waals surface area contributed by atoms with E-state index in [9.17, 15) is 0 Å². The zero-order valence-electron chi connectivity index (χ0n) is 10.7. The molecule has 0 saturated carbocycles. The lowest BCUT2D eigenvalue weighted by atomic mass is 10.0. The third kappa shape index (κ3) is 4.06. The van der Waals surface area contributed by atoms with Gasteiger partial charge in [-0.2, -0.15) is 0 Å². The first kappa shape index (κ1) is 12.8. The van der Waals surface area contributed by atoms with Crippen LogP contribution < -0.4 is 0 Å². The van der Waals surface area contributed by atoms with E-state index < -0.39 is 0 Å². The van der Waals surface area contributed by atoms with E-state index in [0.717, 1.165) is 19.3 Å². The van der Waals surface area contributed by atoms with Crippen LogP contribution in [0.2, 0.25) is 0 Å². The highest BCUT2D eigenvalue weighted by Crippen LogP contribution is 2.17. The summed E-state index contributed by atoms with van der Waals surface area (Å²) >= 11 is 0. The molecular weight excluding hydrogens is 192 g/mol. The molecule has 0 heterocycles. The second-order valence-corrected chi connectivity index (χ2v) is 4.08. The van der Waals surface area contributed by atoms with Crippen LogP contribution in [-0.4, -0.2) is 0 Å². The van der Waals surface area contributed by atoms with Gasteiger partial charge in [0.15, 0.2) is 0 Å². The van der Waals surface area contributed by atoms with Crippen molar-refractivity contribution in [3.05, 3.63) is 53.6 Å². The van der Waals surface area contributed by atoms with E-state index in [1.54, 1.807) is 0 Å². The summed E-state index contributed by atoms with van der Waals surface area (Å²) in [7, 11) is 0. The number of benzene rings is 1. The number of rotatable bonds is 5. The molecule has 0 bridgehead atoms. The average Bonchev–Trinajstić information content (AvgIpc) is 2.35. The van der Waals surface area contributed by atoms with Gasteiger partial charge in [0, 0.05) is 0 Å². The van der Waals surface area contributed by atoms with Crippen LogP contribution >= 0.6 is 0 Å². The van der Waals surface area contributed by atoms with Gasteiger partial charge in [0.25, 0.3) is 0 Å². The van der Waals surface area contributed by atoms with E-state index in [-0.39, 0.29) is 0 Å². The molecule has 0 aliphatic heterocycles. The number of allylic oxidation sites excluding steroid dienone is 4. The lowest BCUT2D eigenvalue weighted by molar-refractivity contribution is 1.00. The summed E-state index contributed by atoms with van der Waals surface area (Å²) in [6, 6.07) is 10.6. The van der Waals surface area contributed by atoms with Crippen molar-refractivity contribution in [3.63, 3.8) is 0 Å². The molecule has 0 N–H and O–H groups in total. The van der Waals surface area contributed by atoms with Crippen molar-refractivity contribution >= 4 is 5.57 Å². The molecule has 0 aliphatic rings. The molecule has 0 unspecified atom stereocenters. The Kier molecular flexibility index (Phi) is 5.63. The maximum Gasteiger partial charge on any atom is -0.0133 e. The van der Waals surface area contributed by atoms with Crippen molar-refractivity contribution in [2.75, 3.05) is 0 Å². The molecule has 1 aromatic rings. The van der Waals surface area contributed by atoms with Crippen LogP contribution in [0.5, 0.6) is 0 Å². The maximum absolute atomic E-state index is 2.34. The average molecular weight is 214 g/mol. The van der Waals surface area contributed by atoms with Gasteiger partial charge in [-0.15, -0.1) is 0 Å². The molecule has 0 atom stereocenters. The largest absolute Gasteiger partial charge is 0.0853 e. The van der Waals surface area contributed by atoms with E-state index >= 15 is 0 Å². The lowest BCUT2D eigenvalue weighted by Gasteiger charge is -2.03. The number of hydrogen-bond acceptors (Lipinski definition) is 0. The van der Waals surface area contributed by atoms with E-state index in [1.165, 1.54) is 16.7 Å². The summed E-state index contributed by atoms with van der Waals surface area (Å²) < 4.78 is 0. The molecule has 1 rings (SSSR count). The Bertz CT molecular complexity index is 355. The molecule has 16 heavy (non-hydrogen) atoms. The normalized spacial score (nSPS) is 12.9. The fourth-order valence-electron chi connectivity index (χ4n) is 1.76. The Morgan fingerprint density at radius 3 is 2.31 bits per heavy atom. The van der Waals surface area contributed by atoms with Crippen molar-refractivity contribution < 1.29 is 0 Å². The molecule has 0 amide bonds. The first-order chi connectivity index (χ1) is 7.77. The van der Waals surface area contributed by atoms with E-state index in [0.29, 0.717) is 0 Å². The monoisotopic (exact) mass is 214 g/mol. The van der Waals surface area contributed by atoms with Gasteiger partial charge >= 0.3 is 0 Å². The fourth-order valence-corrected chi connectivity index (χ4v) is 1.76. The van der Waals surface area contributed by atoms with Gasteiger partial charge in [0.05, 0.1) is 0 Å². The summed E-state index contributed by atoms with van der Waals surface area (Å²) in [6.07, 6.45) is 8.06. The second kappa shape index (κ2) is 7.05. The van der Waals surface area contributed by atoms with E-state index in [2.05, 4.69) is 63.3 Å². The maximum atomic E-state index is 2.34. The molecule has 0 aromatic heterocycles. The minimum absolute atomic E-state index is 1.09. The minimum Gasteiger partial charge on any atom is -0.0853 e. The Balaban J connectivity index is 2.68. The summed E-state index contributed by atoms with van der Waals surface area (Å²) in [5.74, 6) is 0. The number of hydrogen-bond donors (Lipinski definition) is 0. The molecule has 0 nitrogen and oxygen atoms in total. The van der Waals surface area contributed by atoms with Crippen LogP contribution in [0.1, 0.15) is 45.6 Å². The highest BCUT2D eigenvalue weighted by molar-refractivity contribution is 5.63. The minimum atomic E-state index is 1.09. The molecule has 0 radical (unpaired) electrons. The van der Waals surface area contributed by atoms with Gasteiger partial charge in [-0.1, -0.05) is 61.9 Å². The Morgan fingerprint density at radius 1 is 1.06 bits per heavy atom. The summed E-state index contributed by atoms with van der Waals surface area (Å²) in [6.45, 7) is 6.62. The molecule has 0 spiro atoms.